The van der Waals surface area contributed by atoms with E-state index in [2.05, 4.69) is 22.9 Å². The fourth-order valence-corrected chi connectivity index (χ4v) is 6.74. The molecule has 0 bridgehead atoms. The van der Waals surface area contributed by atoms with E-state index < -0.39 is 5.60 Å². The zero-order chi connectivity index (χ0) is 26.3. The first kappa shape index (κ1) is 25.5. The van der Waals surface area contributed by atoms with Crippen LogP contribution in [0.25, 0.3) is 21.3 Å². The number of benzene rings is 1. The normalized spacial score (nSPS) is 19.7. The van der Waals surface area contributed by atoms with Crippen LogP contribution in [0.5, 0.6) is 0 Å². The quantitative estimate of drug-likeness (QED) is 0.465. The summed E-state index contributed by atoms with van der Waals surface area (Å²) in [7, 11) is 0. The fraction of sp³-hybridized carbons (Fsp3) is 0.483. The number of nitrogens with zero attached hydrogens (tertiary/aromatic N) is 4. The van der Waals surface area contributed by atoms with Gasteiger partial charge in [0.1, 0.15) is 5.60 Å². The van der Waals surface area contributed by atoms with E-state index in [1.165, 1.54) is 5.56 Å². The van der Waals surface area contributed by atoms with Gasteiger partial charge in [-0.1, -0.05) is 6.92 Å². The Hall–Kier alpha value is -3.15. The van der Waals surface area contributed by atoms with Gasteiger partial charge in [-0.15, -0.1) is 11.3 Å². The smallest absolute Gasteiger partial charge is 0.410 e. The molecule has 0 unspecified atom stereocenters. The molecule has 0 saturated carbocycles. The van der Waals surface area contributed by atoms with Crippen molar-refractivity contribution in [3.63, 3.8) is 0 Å². The van der Waals surface area contributed by atoms with Gasteiger partial charge in [-0.25, -0.2) is 4.79 Å². The zero-order valence-electron chi connectivity index (χ0n) is 22.0. The molecule has 7 nitrogen and oxygen atoms in total. The highest BCUT2D eigenvalue weighted by molar-refractivity contribution is 7.19. The Morgan fingerprint density at radius 1 is 1.30 bits per heavy atom. The number of aromatic nitrogens is 1. The molecule has 4 heterocycles. The summed E-state index contributed by atoms with van der Waals surface area (Å²) in [6.07, 6.45) is 5.23. The van der Waals surface area contributed by atoms with Crippen LogP contribution in [0.1, 0.15) is 63.0 Å². The van der Waals surface area contributed by atoms with Gasteiger partial charge in [-0.05, 0) is 76.3 Å². The van der Waals surface area contributed by atoms with E-state index in [4.69, 9.17) is 4.74 Å². The Kier molecular flexibility index (Phi) is 6.86. The number of aliphatic hydroxyl groups excluding tert-OH is 1. The average molecular weight is 519 g/mol. The number of aryl methyl sites for hydroxylation is 1. The van der Waals surface area contributed by atoms with Crippen LogP contribution >= 0.6 is 11.3 Å². The van der Waals surface area contributed by atoms with Gasteiger partial charge in [-0.2, -0.15) is 5.26 Å². The van der Waals surface area contributed by atoms with Crippen LogP contribution in [0.3, 0.4) is 0 Å². The number of rotatable bonds is 4. The average Bonchev–Trinajstić information content (AvgIpc) is 3.50. The molecule has 194 valence electrons. The number of amides is 1. The van der Waals surface area contributed by atoms with Crippen LogP contribution in [0.2, 0.25) is 0 Å². The van der Waals surface area contributed by atoms with Gasteiger partial charge < -0.3 is 19.6 Å². The van der Waals surface area contributed by atoms with Crippen LogP contribution in [-0.2, 0) is 17.8 Å². The summed E-state index contributed by atoms with van der Waals surface area (Å²) in [6.45, 7) is 9.33. The number of fused-ring (bicyclic) bond motifs is 2. The van der Waals surface area contributed by atoms with E-state index in [-0.39, 0.29) is 24.8 Å². The summed E-state index contributed by atoms with van der Waals surface area (Å²) in [4.78, 5) is 22.8. The van der Waals surface area contributed by atoms with E-state index in [0.717, 1.165) is 64.1 Å². The predicted octanol–water partition coefficient (Wildman–Crippen LogP) is 5.87. The molecule has 1 fully saturated rings. The summed E-state index contributed by atoms with van der Waals surface area (Å²) in [5.74, 6) is 0. The number of nitriles is 1. The van der Waals surface area contributed by atoms with Crippen molar-refractivity contribution in [1.29, 1.82) is 5.26 Å². The second kappa shape index (κ2) is 9.96. The van der Waals surface area contributed by atoms with E-state index in [0.29, 0.717) is 12.1 Å². The Bertz CT molecular complexity index is 1370. The predicted molar refractivity (Wildman–Crippen MR) is 147 cm³/mol. The maximum Gasteiger partial charge on any atom is 0.410 e. The molecule has 0 aliphatic carbocycles. The molecule has 1 N–H and O–H groups in total. The van der Waals surface area contributed by atoms with Crippen molar-refractivity contribution in [2.24, 2.45) is 0 Å². The monoisotopic (exact) mass is 518 g/mol. The second-order valence-electron chi connectivity index (χ2n) is 11.0. The third-order valence-electron chi connectivity index (χ3n) is 7.29. The summed E-state index contributed by atoms with van der Waals surface area (Å²) >= 11 is 1.55. The highest BCUT2D eigenvalue weighted by Crippen LogP contribution is 2.44. The van der Waals surface area contributed by atoms with Crippen molar-refractivity contribution in [1.82, 2.24) is 9.88 Å². The molecule has 2 atom stereocenters. The molecule has 1 aromatic carbocycles. The largest absolute Gasteiger partial charge is 0.444 e. The maximum atomic E-state index is 13.1. The molecule has 1 saturated heterocycles. The lowest BCUT2D eigenvalue weighted by Crippen LogP contribution is -2.43. The van der Waals surface area contributed by atoms with Crippen molar-refractivity contribution in [3.05, 3.63) is 46.5 Å². The third kappa shape index (κ3) is 4.90. The number of ether oxygens (including phenoxy) is 1. The minimum absolute atomic E-state index is 0.0239. The Balaban J connectivity index is 1.59. The van der Waals surface area contributed by atoms with Gasteiger partial charge >= 0.3 is 6.09 Å². The molecule has 3 aromatic rings. The summed E-state index contributed by atoms with van der Waals surface area (Å²) in [5.41, 5.74) is 5.35. The number of anilines is 1. The van der Waals surface area contributed by atoms with Crippen LogP contribution < -0.4 is 4.90 Å². The lowest BCUT2D eigenvalue weighted by atomic mass is 9.90. The molecule has 2 aliphatic rings. The summed E-state index contributed by atoms with van der Waals surface area (Å²) in [6, 6.07) is 10.6. The Morgan fingerprint density at radius 2 is 2.11 bits per heavy atom. The summed E-state index contributed by atoms with van der Waals surface area (Å²) in [5, 5.41) is 19.6. The van der Waals surface area contributed by atoms with Gasteiger partial charge in [0, 0.05) is 53.1 Å². The van der Waals surface area contributed by atoms with Gasteiger partial charge in [-0.3, -0.25) is 4.98 Å². The molecule has 5 rings (SSSR count). The zero-order valence-corrected chi connectivity index (χ0v) is 22.8. The number of pyridine rings is 1. The highest BCUT2D eigenvalue weighted by atomic mass is 32.1. The molecule has 0 radical (unpaired) electrons. The van der Waals surface area contributed by atoms with Gasteiger partial charge in [0.25, 0.3) is 0 Å². The first-order valence-corrected chi connectivity index (χ1v) is 13.9. The van der Waals surface area contributed by atoms with Crippen LogP contribution in [0.15, 0.2) is 30.5 Å². The van der Waals surface area contributed by atoms with E-state index >= 15 is 0 Å². The topological polar surface area (TPSA) is 89.7 Å². The van der Waals surface area contributed by atoms with Crippen LogP contribution in [-0.4, -0.2) is 51.9 Å². The number of hydrogen-bond donors (Lipinski definition) is 1. The van der Waals surface area contributed by atoms with Gasteiger partial charge in [0.05, 0.1) is 28.5 Å². The first-order valence-electron chi connectivity index (χ1n) is 13.0. The number of thiophene rings is 1. The molecule has 0 spiro atoms. The number of likely N-dealkylation sites (tertiary alicyclic amines) is 1. The van der Waals surface area contributed by atoms with Crippen LogP contribution in [0.4, 0.5) is 10.5 Å². The Labute approximate surface area is 222 Å². The SMILES string of the molecule is CC[C@H]1C[C@H](N2CCCc3cc(C#N)cc(-c4ccnc5cc(CO)sc45)c32)CN1C(=O)OC(C)(C)C. The maximum absolute atomic E-state index is 13.1. The Morgan fingerprint density at radius 3 is 2.81 bits per heavy atom. The highest BCUT2D eigenvalue weighted by Gasteiger charge is 2.40. The van der Waals surface area contributed by atoms with E-state index in [1.807, 2.05) is 49.9 Å². The molecule has 8 heteroatoms. The minimum Gasteiger partial charge on any atom is -0.444 e. The van der Waals surface area contributed by atoms with Gasteiger partial charge in [0.2, 0.25) is 0 Å². The standard InChI is InChI=1S/C29H34N4O3S/c1-5-20-13-21(16-33(20)28(35)36-29(2,3)4)32-10-6-7-19-11-18(15-30)12-24(26(19)32)23-8-9-31-25-14-22(17-34)37-27(23)25/h8-9,11-12,14,20-21,34H,5-7,10,13,16-17H2,1-4H3/t20-,21-/m0/s1. The molecule has 37 heavy (non-hydrogen) atoms. The third-order valence-corrected chi connectivity index (χ3v) is 8.43. The molecular formula is C29H34N4O3S. The van der Waals surface area contributed by atoms with Gasteiger partial charge in [0.15, 0.2) is 0 Å². The van der Waals surface area contributed by atoms with E-state index in [9.17, 15) is 15.2 Å². The van der Waals surface area contributed by atoms with Crippen molar-refractivity contribution in [2.75, 3.05) is 18.0 Å². The van der Waals surface area contributed by atoms with Crippen molar-refractivity contribution in [3.8, 4) is 17.2 Å². The van der Waals surface area contributed by atoms with Crippen molar-refractivity contribution >= 4 is 33.3 Å². The number of aliphatic hydroxyl groups is 1. The van der Waals surface area contributed by atoms with E-state index in [1.54, 1.807) is 17.5 Å². The lowest BCUT2D eigenvalue weighted by Gasteiger charge is -2.38. The lowest BCUT2D eigenvalue weighted by molar-refractivity contribution is 0.0222. The number of carbonyl (C=O) groups excluding carboxylic acids is 1. The first-order chi connectivity index (χ1) is 17.7. The second-order valence-corrected chi connectivity index (χ2v) is 12.1. The fourth-order valence-electron chi connectivity index (χ4n) is 5.74. The van der Waals surface area contributed by atoms with Crippen molar-refractivity contribution < 1.29 is 14.6 Å². The molecule has 1 amide bonds. The molecule has 2 aromatic heterocycles. The minimum atomic E-state index is -0.535. The molecular weight excluding hydrogens is 484 g/mol. The molecule has 2 aliphatic heterocycles. The van der Waals surface area contributed by atoms with Crippen LogP contribution in [0, 0.1) is 11.3 Å². The summed E-state index contributed by atoms with van der Waals surface area (Å²) < 4.78 is 6.77. The number of hydrogen-bond acceptors (Lipinski definition) is 7. The number of carbonyl (C=O) groups is 1. The van der Waals surface area contributed by atoms with Crippen molar-refractivity contribution in [2.45, 2.75) is 77.7 Å².